The largest absolute Gasteiger partial charge is 0.489 e. The quantitative estimate of drug-likeness (QED) is 0.168. The van der Waals surface area contributed by atoms with E-state index in [0.717, 1.165) is 33.8 Å². The summed E-state index contributed by atoms with van der Waals surface area (Å²) < 4.78 is 12.3. The number of hydrogen-bond acceptors (Lipinski definition) is 5. The van der Waals surface area contributed by atoms with E-state index in [2.05, 4.69) is 4.90 Å². The number of ether oxygens (including phenoxy) is 2. The summed E-state index contributed by atoms with van der Waals surface area (Å²) in [5, 5.41) is 10.7. The molecule has 0 amide bonds. The van der Waals surface area contributed by atoms with Gasteiger partial charge in [0.1, 0.15) is 30.8 Å². The minimum Gasteiger partial charge on any atom is -0.489 e. The Labute approximate surface area is 244 Å². The van der Waals surface area contributed by atoms with Gasteiger partial charge in [-0.05, 0) is 53.9 Å². The second-order valence-electron chi connectivity index (χ2n) is 9.50. The lowest BCUT2D eigenvalue weighted by atomic mass is 10.1. The number of carbonyl (C=O) groups is 1. The van der Waals surface area contributed by atoms with Crippen LogP contribution in [0.4, 0.5) is 0 Å². The third-order valence-electron chi connectivity index (χ3n) is 6.37. The topological polar surface area (TPSA) is 85.0 Å². The average Bonchev–Trinajstić information content (AvgIpc) is 2.95. The van der Waals surface area contributed by atoms with Crippen molar-refractivity contribution in [1.82, 2.24) is 4.90 Å². The Morgan fingerprint density at radius 1 is 0.750 bits per heavy atom. The summed E-state index contributed by atoms with van der Waals surface area (Å²) in [4.78, 5) is 13.6. The summed E-state index contributed by atoms with van der Waals surface area (Å²) in [5.41, 5.74) is 9.76. The highest BCUT2D eigenvalue weighted by Crippen LogP contribution is 2.26. The molecule has 0 saturated carbocycles. The lowest BCUT2D eigenvalue weighted by Crippen LogP contribution is -2.35. The second-order valence-corrected chi connectivity index (χ2v) is 10.4. The maximum Gasteiger partial charge on any atom is 0.320 e. The molecule has 0 aromatic heterocycles. The van der Waals surface area contributed by atoms with Crippen molar-refractivity contribution in [1.29, 1.82) is 0 Å². The number of hydrogen-bond donors (Lipinski definition) is 2. The smallest absolute Gasteiger partial charge is 0.320 e. The fourth-order valence-electron chi connectivity index (χ4n) is 4.27. The van der Waals surface area contributed by atoms with Crippen LogP contribution >= 0.6 is 23.2 Å². The molecule has 1 atom stereocenters. The van der Waals surface area contributed by atoms with Gasteiger partial charge in [0.05, 0.1) is 0 Å². The van der Waals surface area contributed by atoms with Crippen LogP contribution in [0.15, 0.2) is 97.1 Å². The van der Waals surface area contributed by atoms with E-state index in [1.54, 1.807) is 0 Å². The minimum absolute atomic E-state index is 0.298. The van der Waals surface area contributed by atoms with Crippen molar-refractivity contribution in [2.75, 3.05) is 6.54 Å². The van der Waals surface area contributed by atoms with Crippen molar-refractivity contribution in [3.63, 3.8) is 0 Å². The van der Waals surface area contributed by atoms with Crippen LogP contribution < -0.4 is 15.2 Å². The van der Waals surface area contributed by atoms with Gasteiger partial charge in [-0.15, -0.1) is 0 Å². The number of nitrogens with zero attached hydrogens (tertiary/aromatic N) is 1. The monoisotopic (exact) mass is 578 g/mol. The molecule has 4 aromatic rings. The van der Waals surface area contributed by atoms with Gasteiger partial charge in [-0.25, -0.2) is 0 Å². The van der Waals surface area contributed by atoms with Crippen molar-refractivity contribution in [2.24, 2.45) is 5.73 Å². The van der Waals surface area contributed by atoms with Gasteiger partial charge in [0.25, 0.3) is 0 Å². The van der Waals surface area contributed by atoms with Crippen LogP contribution in [0.1, 0.15) is 28.7 Å². The van der Waals surface area contributed by atoms with Gasteiger partial charge in [-0.1, -0.05) is 83.9 Å². The van der Waals surface area contributed by atoms with E-state index in [-0.39, 0.29) is 0 Å². The van der Waals surface area contributed by atoms with Gasteiger partial charge in [-0.2, -0.15) is 0 Å². The highest BCUT2D eigenvalue weighted by Gasteiger charge is 2.18. The molecule has 0 spiro atoms. The van der Waals surface area contributed by atoms with Gasteiger partial charge in [0.2, 0.25) is 0 Å². The Hall–Kier alpha value is -3.55. The normalized spacial score (nSPS) is 11.8. The Balaban J connectivity index is 1.51. The molecule has 0 fully saturated rings. The molecule has 0 heterocycles. The SMILES string of the molecule is N[C@@H](CCN(Cc1ccccc1OCc1cccc(Cl)c1)Cc1ccccc1OCc1cccc(Cl)c1)C(=O)O. The zero-order valence-electron chi connectivity index (χ0n) is 22.0. The Morgan fingerprint density at radius 2 is 1.23 bits per heavy atom. The van der Waals surface area contributed by atoms with Gasteiger partial charge in [-0.3, -0.25) is 9.69 Å². The van der Waals surface area contributed by atoms with E-state index in [0.29, 0.717) is 49.3 Å². The van der Waals surface area contributed by atoms with E-state index in [9.17, 15) is 9.90 Å². The first-order valence-corrected chi connectivity index (χ1v) is 13.7. The van der Waals surface area contributed by atoms with Crippen molar-refractivity contribution in [2.45, 2.75) is 38.8 Å². The average molecular weight is 580 g/mol. The number of rotatable bonds is 14. The predicted octanol–water partition coefficient (Wildman–Crippen LogP) is 6.96. The van der Waals surface area contributed by atoms with Gasteiger partial charge < -0.3 is 20.3 Å². The Morgan fingerprint density at radius 3 is 1.68 bits per heavy atom. The summed E-state index contributed by atoms with van der Waals surface area (Å²) in [6, 6.07) is 29.9. The number of benzene rings is 4. The van der Waals surface area contributed by atoms with Crippen LogP contribution in [0.25, 0.3) is 0 Å². The first-order valence-electron chi connectivity index (χ1n) is 13.0. The van der Waals surface area contributed by atoms with Crippen molar-refractivity contribution >= 4 is 29.2 Å². The summed E-state index contributed by atoms with van der Waals surface area (Å²) in [6.45, 7) is 2.28. The molecule has 0 aliphatic rings. The number of para-hydroxylation sites is 2. The Bertz CT molecular complexity index is 1320. The lowest BCUT2D eigenvalue weighted by Gasteiger charge is -2.25. The lowest BCUT2D eigenvalue weighted by molar-refractivity contribution is -0.138. The van der Waals surface area contributed by atoms with E-state index in [1.807, 2.05) is 97.1 Å². The molecular weight excluding hydrogens is 547 g/mol. The molecule has 0 bridgehead atoms. The van der Waals surface area contributed by atoms with Crippen molar-refractivity contribution in [3.8, 4) is 11.5 Å². The zero-order valence-corrected chi connectivity index (χ0v) is 23.5. The molecule has 208 valence electrons. The molecule has 0 radical (unpaired) electrons. The first kappa shape index (κ1) is 29.4. The maximum absolute atomic E-state index is 11.4. The molecule has 3 N–H and O–H groups in total. The van der Waals surface area contributed by atoms with E-state index in [4.69, 9.17) is 38.4 Å². The molecule has 4 aromatic carbocycles. The summed E-state index contributed by atoms with van der Waals surface area (Å²) in [5.74, 6) is 0.483. The second kappa shape index (κ2) is 14.7. The van der Waals surface area contributed by atoms with Crippen LogP contribution in [-0.4, -0.2) is 28.6 Å². The molecule has 40 heavy (non-hydrogen) atoms. The summed E-state index contributed by atoms with van der Waals surface area (Å²) >= 11 is 12.3. The summed E-state index contributed by atoms with van der Waals surface area (Å²) in [7, 11) is 0. The number of aliphatic carboxylic acids is 1. The fraction of sp³-hybridized carbons (Fsp3) is 0.219. The molecule has 0 aliphatic heterocycles. The number of carboxylic acid groups (broad SMARTS) is 1. The van der Waals surface area contributed by atoms with Crippen molar-refractivity contribution in [3.05, 3.63) is 129 Å². The van der Waals surface area contributed by atoms with Crippen molar-refractivity contribution < 1.29 is 19.4 Å². The highest BCUT2D eigenvalue weighted by molar-refractivity contribution is 6.30. The molecule has 8 heteroatoms. The van der Waals surface area contributed by atoms with Gasteiger partial charge in [0.15, 0.2) is 0 Å². The highest BCUT2D eigenvalue weighted by atomic mass is 35.5. The van der Waals surface area contributed by atoms with Crippen LogP contribution in [0.3, 0.4) is 0 Å². The standard InChI is InChI=1S/C32H32Cl2N2O4/c33-27-11-5-7-23(17-27)21-39-30-13-3-1-9-25(30)19-36(16-15-29(35)32(37)38)20-26-10-2-4-14-31(26)40-22-24-8-6-12-28(34)18-24/h1-14,17-18,29H,15-16,19-22,35H2,(H,37,38)/t29-/m0/s1. The number of nitrogens with two attached hydrogens (primary N) is 1. The van der Waals surface area contributed by atoms with Crippen LogP contribution in [0.2, 0.25) is 10.0 Å². The molecule has 0 saturated heterocycles. The third-order valence-corrected chi connectivity index (χ3v) is 6.84. The van der Waals surface area contributed by atoms with Crippen LogP contribution in [-0.2, 0) is 31.1 Å². The molecule has 4 rings (SSSR count). The van der Waals surface area contributed by atoms with E-state index in [1.165, 1.54) is 0 Å². The third kappa shape index (κ3) is 9.00. The maximum atomic E-state index is 11.4. The molecule has 0 unspecified atom stereocenters. The van der Waals surface area contributed by atoms with E-state index >= 15 is 0 Å². The van der Waals surface area contributed by atoms with Gasteiger partial charge in [0, 0.05) is 40.8 Å². The zero-order chi connectivity index (χ0) is 28.3. The predicted molar refractivity (Wildman–Crippen MR) is 159 cm³/mol. The number of carboxylic acids is 1. The summed E-state index contributed by atoms with van der Waals surface area (Å²) in [6.07, 6.45) is 0.298. The molecular formula is C32H32Cl2N2O4. The molecule has 0 aliphatic carbocycles. The fourth-order valence-corrected chi connectivity index (χ4v) is 4.69. The van der Waals surface area contributed by atoms with Crippen LogP contribution in [0, 0.1) is 0 Å². The van der Waals surface area contributed by atoms with Gasteiger partial charge >= 0.3 is 5.97 Å². The Kier molecular flexibility index (Phi) is 10.8. The van der Waals surface area contributed by atoms with Crippen LogP contribution in [0.5, 0.6) is 11.5 Å². The number of halogens is 2. The minimum atomic E-state index is -1.02. The first-order chi connectivity index (χ1) is 19.4. The molecule has 6 nitrogen and oxygen atoms in total. The van der Waals surface area contributed by atoms with E-state index < -0.39 is 12.0 Å².